The normalized spacial score (nSPS) is 13.6. The molecule has 0 atom stereocenters. The number of fused-ring (bicyclic) bond motifs is 9. The Morgan fingerprint density at radius 2 is 1.06 bits per heavy atom. The lowest BCUT2D eigenvalue weighted by Gasteiger charge is -2.21. The van der Waals surface area contributed by atoms with Crippen molar-refractivity contribution in [3.05, 3.63) is 169 Å². The van der Waals surface area contributed by atoms with Gasteiger partial charge in [0.1, 0.15) is 0 Å². The summed E-state index contributed by atoms with van der Waals surface area (Å²) in [4.78, 5) is 17.5. The molecule has 0 radical (unpaired) electrons. The van der Waals surface area contributed by atoms with Crippen molar-refractivity contribution in [2.24, 2.45) is 0 Å². The maximum absolute atomic E-state index is 4.43. The van der Waals surface area contributed by atoms with Crippen LogP contribution < -0.4 is 0 Å². The summed E-state index contributed by atoms with van der Waals surface area (Å²) in [6, 6.07) is 33.5. The average molecular weight is 669 g/mol. The maximum Gasteiger partial charge on any atom is 0.0547 e. The summed E-state index contributed by atoms with van der Waals surface area (Å²) in [5.74, 6) is 0. The summed E-state index contributed by atoms with van der Waals surface area (Å²) in [7, 11) is 0. The molecule has 6 aromatic heterocycles. The first-order chi connectivity index (χ1) is 25.8. The second kappa shape index (κ2) is 11.4. The van der Waals surface area contributed by atoms with Crippen LogP contribution in [0.5, 0.6) is 0 Å². The maximum atomic E-state index is 4.43. The van der Waals surface area contributed by atoms with Crippen LogP contribution in [0.25, 0.3) is 78.0 Å². The average Bonchev–Trinajstić information content (AvgIpc) is 3.71. The molecule has 2 aliphatic rings. The molecule has 6 heteroatoms. The number of hydrogen-bond acceptors (Lipinski definition) is 4. The summed E-state index contributed by atoms with van der Waals surface area (Å²) >= 11 is 0. The third-order valence-corrected chi connectivity index (χ3v) is 11.1. The van der Waals surface area contributed by atoms with E-state index in [9.17, 15) is 0 Å². The number of benzene rings is 3. The van der Waals surface area contributed by atoms with Gasteiger partial charge in [0.05, 0.1) is 16.6 Å². The Morgan fingerprint density at radius 1 is 0.442 bits per heavy atom. The van der Waals surface area contributed by atoms with Gasteiger partial charge < -0.3 is 9.13 Å². The summed E-state index contributed by atoms with van der Waals surface area (Å²) in [5.41, 5.74) is 18.8. The minimum atomic E-state index is 0.960. The smallest absolute Gasteiger partial charge is 0.0547 e. The SMILES string of the molecule is C1=C(c2cccnc2)CCc2c1c1cc3c(cc1n2-c1ccncc1)-c1cc2c(cc1CC3)c1cc(-c3cccnc3)ccc1n2-c1ccncc1. The summed E-state index contributed by atoms with van der Waals surface area (Å²) in [6.45, 7) is 0. The molecule has 0 fully saturated rings. The molecule has 52 heavy (non-hydrogen) atoms. The molecule has 6 nitrogen and oxygen atoms in total. The summed E-state index contributed by atoms with van der Waals surface area (Å²) < 4.78 is 4.87. The highest BCUT2D eigenvalue weighted by Gasteiger charge is 2.26. The second-order valence-corrected chi connectivity index (χ2v) is 13.9. The van der Waals surface area contributed by atoms with Gasteiger partial charge in [0.15, 0.2) is 0 Å². The number of allylic oxidation sites excluding steroid dienone is 1. The molecule has 9 aromatic rings. The minimum absolute atomic E-state index is 0.960. The van der Waals surface area contributed by atoms with Crippen LogP contribution in [0.4, 0.5) is 0 Å². The van der Waals surface area contributed by atoms with Gasteiger partial charge >= 0.3 is 0 Å². The van der Waals surface area contributed by atoms with Gasteiger partial charge in [-0.3, -0.25) is 19.9 Å². The predicted octanol–water partition coefficient (Wildman–Crippen LogP) is 10.2. The summed E-state index contributed by atoms with van der Waals surface area (Å²) in [5, 5.41) is 3.82. The van der Waals surface area contributed by atoms with Crippen LogP contribution in [0.15, 0.2) is 141 Å². The number of aromatic nitrogens is 6. The van der Waals surface area contributed by atoms with E-state index in [4.69, 9.17) is 0 Å². The van der Waals surface area contributed by atoms with Gasteiger partial charge in [-0.1, -0.05) is 18.2 Å². The van der Waals surface area contributed by atoms with E-state index in [1.807, 2.05) is 61.7 Å². The minimum Gasteiger partial charge on any atom is -0.313 e. The zero-order valence-corrected chi connectivity index (χ0v) is 28.4. The topological polar surface area (TPSA) is 61.4 Å². The van der Waals surface area contributed by atoms with Crippen molar-refractivity contribution >= 4 is 44.4 Å². The molecule has 6 heterocycles. The third-order valence-electron chi connectivity index (χ3n) is 11.1. The zero-order valence-electron chi connectivity index (χ0n) is 28.4. The second-order valence-electron chi connectivity index (χ2n) is 13.9. The third kappa shape index (κ3) is 4.44. The molecule has 246 valence electrons. The number of nitrogens with zero attached hydrogens (tertiary/aromatic N) is 6. The molecule has 0 N–H and O–H groups in total. The highest BCUT2D eigenvalue weighted by molar-refractivity contribution is 6.12. The fourth-order valence-electron chi connectivity index (χ4n) is 8.71. The van der Waals surface area contributed by atoms with Crippen LogP contribution in [0.3, 0.4) is 0 Å². The standard InChI is InChI=1S/C46H32N6/c1-3-33(27-49-15-1)29-7-9-43-39(21-29)41-23-31-5-6-32-24-42-40-22-30(34-4-2-16-50-28-34)8-10-44(40)52(36-13-19-48-20-14-36)46(42)26-38(32)37(31)25-45(41)51(43)35-11-17-47-18-12-35/h1-4,7,9,11-28H,5-6,8,10H2. The van der Waals surface area contributed by atoms with Crippen molar-refractivity contribution in [2.75, 3.05) is 0 Å². The number of pyridine rings is 4. The van der Waals surface area contributed by atoms with Gasteiger partial charge in [-0.15, -0.1) is 0 Å². The lowest BCUT2D eigenvalue weighted by Crippen LogP contribution is -2.06. The van der Waals surface area contributed by atoms with Crippen molar-refractivity contribution in [3.8, 4) is 33.6 Å². The van der Waals surface area contributed by atoms with Crippen LogP contribution >= 0.6 is 0 Å². The van der Waals surface area contributed by atoms with E-state index >= 15 is 0 Å². The molecule has 2 aliphatic carbocycles. The van der Waals surface area contributed by atoms with Crippen LogP contribution in [0.1, 0.15) is 34.4 Å². The Balaban J connectivity index is 1.16. The van der Waals surface area contributed by atoms with Gasteiger partial charge in [0, 0.05) is 93.9 Å². The van der Waals surface area contributed by atoms with Gasteiger partial charge in [0.2, 0.25) is 0 Å². The van der Waals surface area contributed by atoms with Crippen LogP contribution in [-0.4, -0.2) is 29.1 Å². The van der Waals surface area contributed by atoms with Gasteiger partial charge in [-0.05, 0) is 144 Å². The molecule has 0 saturated heterocycles. The Hall–Kier alpha value is -6.66. The first kappa shape index (κ1) is 29.1. The Morgan fingerprint density at radius 3 is 1.73 bits per heavy atom. The molecule has 0 aliphatic heterocycles. The largest absolute Gasteiger partial charge is 0.313 e. The summed E-state index contributed by atoms with van der Waals surface area (Å²) in [6.07, 6.45) is 21.5. The van der Waals surface area contributed by atoms with Gasteiger partial charge in [-0.2, -0.15) is 0 Å². The predicted molar refractivity (Wildman–Crippen MR) is 210 cm³/mol. The van der Waals surface area contributed by atoms with E-state index in [-0.39, 0.29) is 0 Å². The van der Waals surface area contributed by atoms with E-state index < -0.39 is 0 Å². The van der Waals surface area contributed by atoms with Crippen LogP contribution in [0.2, 0.25) is 0 Å². The van der Waals surface area contributed by atoms with Crippen LogP contribution in [-0.2, 0) is 19.3 Å². The fourth-order valence-corrected chi connectivity index (χ4v) is 8.71. The Kier molecular flexibility index (Phi) is 6.40. The molecule has 0 bridgehead atoms. The van der Waals surface area contributed by atoms with E-state index in [1.165, 1.54) is 82.9 Å². The van der Waals surface area contributed by atoms with Crippen molar-refractivity contribution in [1.29, 1.82) is 0 Å². The molecule has 0 amide bonds. The Labute approximate surface area is 300 Å². The lowest BCUT2D eigenvalue weighted by atomic mass is 9.83. The van der Waals surface area contributed by atoms with E-state index in [2.05, 4.69) is 114 Å². The van der Waals surface area contributed by atoms with E-state index in [0.29, 0.717) is 0 Å². The molecule has 0 unspecified atom stereocenters. The van der Waals surface area contributed by atoms with E-state index in [0.717, 1.165) is 42.6 Å². The molecule has 3 aromatic carbocycles. The van der Waals surface area contributed by atoms with Gasteiger partial charge in [-0.25, -0.2) is 0 Å². The fraction of sp³-hybridized carbons (Fsp3) is 0.0870. The lowest BCUT2D eigenvalue weighted by molar-refractivity contribution is 0.895. The molecular weight excluding hydrogens is 637 g/mol. The molecule has 11 rings (SSSR count). The number of aryl methyl sites for hydroxylation is 2. The van der Waals surface area contributed by atoms with Gasteiger partial charge in [0.25, 0.3) is 0 Å². The number of rotatable bonds is 4. The van der Waals surface area contributed by atoms with Crippen molar-refractivity contribution in [1.82, 2.24) is 29.1 Å². The molecule has 0 saturated carbocycles. The van der Waals surface area contributed by atoms with Crippen molar-refractivity contribution < 1.29 is 0 Å². The Bertz CT molecular complexity index is 2870. The van der Waals surface area contributed by atoms with Crippen LogP contribution in [0, 0.1) is 0 Å². The number of hydrogen-bond donors (Lipinski definition) is 0. The van der Waals surface area contributed by atoms with E-state index in [1.54, 1.807) is 0 Å². The highest BCUT2D eigenvalue weighted by atomic mass is 15.0. The monoisotopic (exact) mass is 668 g/mol. The highest BCUT2D eigenvalue weighted by Crippen LogP contribution is 2.45. The van der Waals surface area contributed by atoms with Crippen molar-refractivity contribution in [3.63, 3.8) is 0 Å². The first-order valence-corrected chi connectivity index (χ1v) is 17.9. The quantitative estimate of drug-likeness (QED) is 0.187. The zero-order chi connectivity index (χ0) is 34.2. The van der Waals surface area contributed by atoms with Crippen molar-refractivity contribution in [2.45, 2.75) is 25.7 Å². The molecule has 0 spiro atoms. The first-order valence-electron chi connectivity index (χ1n) is 17.9. The molecular formula is C46H32N6.